The molecule has 26 heavy (non-hydrogen) atoms. The standard InChI is InChI=1S/C18H25N5O3/c1-3-23-8-9-25-13(15(23)17-19-6-7-22(17)2)10-20-18(24)14-16(12-4-5-12)26-11-21-14/h6-7,11-13,15H,3-5,8-10H2,1-2H3,(H,20,24)/t13-,15+/m0/s1. The molecule has 1 aliphatic heterocycles. The quantitative estimate of drug-likeness (QED) is 0.841. The van der Waals surface area contributed by atoms with Gasteiger partial charge in [0, 0.05) is 38.4 Å². The summed E-state index contributed by atoms with van der Waals surface area (Å²) in [7, 11) is 1.98. The molecule has 0 unspecified atom stereocenters. The van der Waals surface area contributed by atoms with E-state index in [1.165, 1.54) is 6.39 Å². The molecular weight excluding hydrogens is 334 g/mol. The minimum atomic E-state index is -0.198. The van der Waals surface area contributed by atoms with Gasteiger partial charge in [-0.25, -0.2) is 9.97 Å². The third-order valence-corrected chi connectivity index (χ3v) is 5.21. The van der Waals surface area contributed by atoms with E-state index >= 15 is 0 Å². The van der Waals surface area contributed by atoms with Gasteiger partial charge < -0.3 is 19.0 Å². The van der Waals surface area contributed by atoms with E-state index in [0.717, 1.165) is 31.8 Å². The molecule has 2 aromatic rings. The summed E-state index contributed by atoms with van der Waals surface area (Å²) < 4.78 is 13.4. The fraction of sp³-hybridized carbons (Fsp3) is 0.611. The number of rotatable bonds is 6. The number of amides is 1. The van der Waals surface area contributed by atoms with Crippen LogP contribution in [-0.4, -0.2) is 57.7 Å². The third kappa shape index (κ3) is 3.26. The maximum atomic E-state index is 12.6. The molecular formula is C18H25N5O3. The van der Waals surface area contributed by atoms with Gasteiger partial charge in [-0.3, -0.25) is 9.69 Å². The molecule has 8 heteroatoms. The molecule has 2 aromatic heterocycles. The Morgan fingerprint density at radius 1 is 1.38 bits per heavy atom. The SMILES string of the molecule is CCN1CCO[C@@H](CNC(=O)c2ncoc2C2CC2)[C@@H]1c1nccn1C. The second kappa shape index (κ2) is 7.20. The zero-order valence-electron chi connectivity index (χ0n) is 15.2. The first-order valence-electron chi connectivity index (χ1n) is 9.23. The van der Waals surface area contributed by atoms with Crippen molar-refractivity contribution in [1.29, 1.82) is 0 Å². The van der Waals surface area contributed by atoms with Crippen LogP contribution in [0.3, 0.4) is 0 Å². The van der Waals surface area contributed by atoms with Gasteiger partial charge in [0.1, 0.15) is 11.6 Å². The summed E-state index contributed by atoms with van der Waals surface area (Å²) in [6.07, 6.45) is 7.05. The Kier molecular flexibility index (Phi) is 4.78. The van der Waals surface area contributed by atoms with Crippen molar-refractivity contribution in [2.24, 2.45) is 7.05 Å². The highest BCUT2D eigenvalue weighted by Crippen LogP contribution is 2.41. The highest BCUT2D eigenvalue weighted by atomic mass is 16.5. The van der Waals surface area contributed by atoms with Crippen LogP contribution >= 0.6 is 0 Å². The lowest BCUT2D eigenvalue weighted by Gasteiger charge is -2.40. The van der Waals surface area contributed by atoms with Crippen LogP contribution in [0, 0.1) is 0 Å². The Hall–Kier alpha value is -2.19. The van der Waals surface area contributed by atoms with E-state index in [0.29, 0.717) is 30.5 Å². The fourth-order valence-electron chi connectivity index (χ4n) is 3.64. The highest BCUT2D eigenvalue weighted by Gasteiger charge is 2.36. The van der Waals surface area contributed by atoms with Gasteiger partial charge in [0.05, 0.1) is 18.8 Å². The Morgan fingerprint density at radius 3 is 2.92 bits per heavy atom. The molecule has 0 bridgehead atoms. The fourth-order valence-corrected chi connectivity index (χ4v) is 3.64. The van der Waals surface area contributed by atoms with Crippen molar-refractivity contribution in [2.45, 2.75) is 37.8 Å². The number of ether oxygens (including phenoxy) is 1. The number of aromatic nitrogens is 3. The molecule has 1 saturated heterocycles. The van der Waals surface area contributed by atoms with E-state index in [2.05, 4.69) is 27.1 Å². The number of oxazole rings is 1. The van der Waals surface area contributed by atoms with Gasteiger partial charge >= 0.3 is 0 Å². The lowest BCUT2D eigenvalue weighted by Crippen LogP contribution is -2.50. The van der Waals surface area contributed by atoms with Gasteiger partial charge in [-0.15, -0.1) is 0 Å². The molecule has 2 fully saturated rings. The normalized spacial score (nSPS) is 23.9. The lowest BCUT2D eigenvalue weighted by molar-refractivity contribution is -0.0720. The average Bonchev–Trinajstić information content (AvgIpc) is 3.22. The predicted octanol–water partition coefficient (Wildman–Crippen LogP) is 1.48. The number of aryl methyl sites for hydroxylation is 1. The minimum absolute atomic E-state index is 0.00858. The number of likely N-dealkylation sites (N-methyl/N-ethyl adjacent to an activating group) is 1. The first-order chi connectivity index (χ1) is 12.7. The van der Waals surface area contributed by atoms with Crippen molar-refractivity contribution in [3.05, 3.63) is 36.1 Å². The van der Waals surface area contributed by atoms with E-state index in [1.54, 1.807) is 6.20 Å². The number of carbonyl (C=O) groups is 1. The summed E-state index contributed by atoms with van der Waals surface area (Å²) in [5, 5.41) is 2.98. The van der Waals surface area contributed by atoms with Gasteiger partial charge in [-0.05, 0) is 19.4 Å². The number of morpholine rings is 1. The maximum Gasteiger partial charge on any atom is 0.273 e. The highest BCUT2D eigenvalue weighted by molar-refractivity contribution is 5.93. The molecule has 2 aliphatic rings. The summed E-state index contributed by atoms with van der Waals surface area (Å²) in [4.78, 5) is 23.6. The number of imidazole rings is 1. The van der Waals surface area contributed by atoms with Crippen LogP contribution in [0.1, 0.15) is 53.8 Å². The number of nitrogens with zero attached hydrogens (tertiary/aromatic N) is 4. The minimum Gasteiger partial charge on any atom is -0.447 e. The van der Waals surface area contributed by atoms with Crippen LogP contribution in [0.15, 0.2) is 23.2 Å². The van der Waals surface area contributed by atoms with Crippen LogP contribution in [-0.2, 0) is 11.8 Å². The summed E-state index contributed by atoms with van der Waals surface area (Å²) >= 11 is 0. The molecule has 1 N–H and O–H groups in total. The molecule has 140 valence electrons. The first-order valence-corrected chi connectivity index (χ1v) is 9.23. The molecule has 0 spiro atoms. The number of hydrogen-bond acceptors (Lipinski definition) is 6. The number of carbonyl (C=O) groups excluding carboxylic acids is 1. The lowest BCUT2D eigenvalue weighted by atomic mass is 10.1. The third-order valence-electron chi connectivity index (χ3n) is 5.21. The van der Waals surface area contributed by atoms with Gasteiger partial charge in [0.2, 0.25) is 0 Å². The topological polar surface area (TPSA) is 85.4 Å². The first kappa shape index (κ1) is 17.2. The van der Waals surface area contributed by atoms with Crippen molar-refractivity contribution in [1.82, 2.24) is 24.8 Å². The monoisotopic (exact) mass is 359 g/mol. The average molecular weight is 359 g/mol. The van der Waals surface area contributed by atoms with Crippen LogP contribution in [0.2, 0.25) is 0 Å². The van der Waals surface area contributed by atoms with Gasteiger partial charge in [-0.1, -0.05) is 6.92 Å². The van der Waals surface area contributed by atoms with Crippen LogP contribution in [0.5, 0.6) is 0 Å². The summed E-state index contributed by atoms with van der Waals surface area (Å²) in [6.45, 7) is 4.94. The van der Waals surface area contributed by atoms with E-state index in [9.17, 15) is 4.79 Å². The van der Waals surface area contributed by atoms with Crippen LogP contribution < -0.4 is 5.32 Å². The Bertz CT molecular complexity index is 766. The molecule has 0 aromatic carbocycles. The molecule has 3 heterocycles. The van der Waals surface area contributed by atoms with Gasteiger partial charge in [0.15, 0.2) is 12.1 Å². The molecule has 8 nitrogen and oxygen atoms in total. The Labute approximate surface area is 152 Å². The predicted molar refractivity (Wildman–Crippen MR) is 93.7 cm³/mol. The van der Waals surface area contributed by atoms with Crippen molar-refractivity contribution in [3.63, 3.8) is 0 Å². The van der Waals surface area contributed by atoms with Gasteiger partial charge in [0.25, 0.3) is 5.91 Å². The van der Waals surface area contributed by atoms with E-state index in [1.807, 2.05) is 17.8 Å². The number of hydrogen-bond donors (Lipinski definition) is 1. The summed E-state index contributed by atoms with van der Waals surface area (Å²) in [5.74, 6) is 1.81. The summed E-state index contributed by atoms with van der Waals surface area (Å²) in [5.41, 5.74) is 0.407. The Morgan fingerprint density at radius 2 is 2.23 bits per heavy atom. The van der Waals surface area contributed by atoms with E-state index in [-0.39, 0.29) is 18.1 Å². The van der Waals surface area contributed by atoms with E-state index < -0.39 is 0 Å². The molecule has 1 amide bonds. The summed E-state index contributed by atoms with van der Waals surface area (Å²) in [6, 6.07) is 0.00858. The molecule has 0 radical (unpaired) electrons. The molecule has 1 aliphatic carbocycles. The number of nitrogens with one attached hydrogen (secondary N) is 1. The maximum absolute atomic E-state index is 12.6. The Balaban J connectivity index is 1.47. The zero-order valence-corrected chi connectivity index (χ0v) is 15.2. The van der Waals surface area contributed by atoms with Crippen molar-refractivity contribution in [3.8, 4) is 0 Å². The molecule has 2 atom stereocenters. The zero-order chi connectivity index (χ0) is 18.1. The molecule has 4 rings (SSSR count). The van der Waals surface area contributed by atoms with Crippen molar-refractivity contribution in [2.75, 3.05) is 26.2 Å². The van der Waals surface area contributed by atoms with Crippen LogP contribution in [0.4, 0.5) is 0 Å². The molecule has 1 saturated carbocycles. The van der Waals surface area contributed by atoms with Crippen molar-refractivity contribution >= 4 is 5.91 Å². The van der Waals surface area contributed by atoms with Crippen molar-refractivity contribution < 1.29 is 13.9 Å². The second-order valence-corrected chi connectivity index (χ2v) is 6.93. The van der Waals surface area contributed by atoms with E-state index in [4.69, 9.17) is 9.15 Å². The largest absolute Gasteiger partial charge is 0.447 e. The van der Waals surface area contributed by atoms with Crippen LogP contribution in [0.25, 0.3) is 0 Å². The smallest absolute Gasteiger partial charge is 0.273 e. The van der Waals surface area contributed by atoms with Gasteiger partial charge in [-0.2, -0.15) is 0 Å². The second-order valence-electron chi connectivity index (χ2n) is 6.93.